The van der Waals surface area contributed by atoms with E-state index in [0.29, 0.717) is 12.0 Å². The number of methoxy groups -OCH3 is 1. The Morgan fingerprint density at radius 2 is 2.08 bits per heavy atom. The standard InChI is InChI=1S/C19H32O7/c1-12(7-5-6-8-15-14(11-20)18(23)26-15)10-19(3,24)17(22)13(2)9-16(21)25-4/h9,12,14-15,17,20,22,24H,5-8,10-11H2,1-4H3. The second-order valence-electron chi connectivity index (χ2n) is 7.53. The van der Waals surface area contributed by atoms with Crippen LogP contribution in [0.5, 0.6) is 0 Å². The number of ether oxygens (including phenoxy) is 2. The second-order valence-corrected chi connectivity index (χ2v) is 7.53. The second kappa shape index (κ2) is 10.0. The van der Waals surface area contributed by atoms with Crippen LogP contribution < -0.4 is 0 Å². The Bertz CT molecular complexity index is 512. The minimum absolute atomic E-state index is 0.168. The van der Waals surface area contributed by atoms with E-state index in [1.54, 1.807) is 13.8 Å². The molecule has 7 nitrogen and oxygen atoms in total. The van der Waals surface area contributed by atoms with Gasteiger partial charge in [-0.05, 0) is 44.6 Å². The van der Waals surface area contributed by atoms with Gasteiger partial charge in [0, 0.05) is 6.08 Å². The molecule has 0 saturated carbocycles. The van der Waals surface area contributed by atoms with E-state index < -0.39 is 17.7 Å². The third kappa shape index (κ3) is 6.37. The van der Waals surface area contributed by atoms with E-state index in [0.717, 1.165) is 25.7 Å². The number of aliphatic hydroxyl groups is 3. The number of aliphatic hydroxyl groups excluding tert-OH is 2. The number of rotatable bonds is 11. The number of unbranched alkanes of at least 4 members (excludes halogenated alkanes) is 1. The summed E-state index contributed by atoms with van der Waals surface area (Å²) in [6.45, 7) is 4.97. The van der Waals surface area contributed by atoms with Gasteiger partial charge in [-0.3, -0.25) is 4.79 Å². The summed E-state index contributed by atoms with van der Waals surface area (Å²) >= 11 is 0. The smallest absolute Gasteiger partial charge is 0.330 e. The number of carbonyl (C=O) groups excluding carboxylic acids is 2. The Morgan fingerprint density at radius 3 is 2.62 bits per heavy atom. The van der Waals surface area contributed by atoms with E-state index in [-0.39, 0.29) is 30.5 Å². The topological polar surface area (TPSA) is 113 Å². The summed E-state index contributed by atoms with van der Waals surface area (Å²) in [7, 11) is 1.26. The molecule has 0 amide bonds. The molecule has 0 spiro atoms. The third-order valence-electron chi connectivity index (χ3n) is 4.98. The highest BCUT2D eigenvalue weighted by molar-refractivity contribution is 5.82. The molecule has 1 fully saturated rings. The molecule has 1 heterocycles. The van der Waals surface area contributed by atoms with Crippen molar-refractivity contribution in [1.29, 1.82) is 0 Å². The molecule has 5 atom stereocenters. The zero-order chi connectivity index (χ0) is 19.9. The molecule has 0 aliphatic carbocycles. The van der Waals surface area contributed by atoms with Gasteiger partial charge in [-0.25, -0.2) is 4.79 Å². The third-order valence-corrected chi connectivity index (χ3v) is 4.98. The number of esters is 2. The molecule has 0 aromatic heterocycles. The van der Waals surface area contributed by atoms with Crippen LogP contribution in [0.15, 0.2) is 11.6 Å². The van der Waals surface area contributed by atoms with Crippen LogP contribution in [-0.4, -0.2) is 58.8 Å². The van der Waals surface area contributed by atoms with Gasteiger partial charge in [-0.1, -0.05) is 19.8 Å². The van der Waals surface area contributed by atoms with Gasteiger partial charge in [-0.15, -0.1) is 0 Å². The Balaban J connectivity index is 2.36. The lowest BCUT2D eigenvalue weighted by Crippen LogP contribution is -2.47. The molecule has 1 rings (SSSR count). The van der Waals surface area contributed by atoms with Crippen LogP contribution in [0.3, 0.4) is 0 Å². The van der Waals surface area contributed by atoms with E-state index in [4.69, 9.17) is 9.84 Å². The first-order valence-corrected chi connectivity index (χ1v) is 9.10. The molecule has 1 aliphatic heterocycles. The van der Waals surface area contributed by atoms with E-state index in [2.05, 4.69) is 4.74 Å². The predicted molar refractivity (Wildman–Crippen MR) is 95.1 cm³/mol. The van der Waals surface area contributed by atoms with Crippen molar-refractivity contribution in [2.45, 2.75) is 70.7 Å². The first kappa shape index (κ1) is 22.6. The number of hydrogen-bond acceptors (Lipinski definition) is 7. The van der Waals surface area contributed by atoms with Crippen molar-refractivity contribution in [2.24, 2.45) is 11.8 Å². The van der Waals surface area contributed by atoms with Crippen LogP contribution in [0.4, 0.5) is 0 Å². The van der Waals surface area contributed by atoms with Crippen LogP contribution in [0, 0.1) is 11.8 Å². The van der Waals surface area contributed by atoms with Gasteiger partial charge in [0.25, 0.3) is 0 Å². The monoisotopic (exact) mass is 372 g/mol. The quantitative estimate of drug-likeness (QED) is 0.285. The average molecular weight is 372 g/mol. The highest BCUT2D eigenvalue weighted by Gasteiger charge is 2.41. The molecule has 26 heavy (non-hydrogen) atoms. The van der Waals surface area contributed by atoms with Crippen molar-refractivity contribution < 1.29 is 34.4 Å². The zero-order valence-electron chi connectivity index (χ0n) is 16.1. The highest BCUT2D eigenvalue weighted by Crippen LogP contribution is 2.29. The van der Waals surface area contributed by atoms with E-state index in [1.165, 1.54) is 13.2 Å². The zero-order valence-corrected chi connectivity index (χ0v) is 16.1. The normalized spacial score (nSPS) is 24.9. The summed E-state index contributed by atoms with van der Waals surface area (Å²) in [5.74, 6) is -1.11. The van der Waals surface area contributed by atoms with Crippen molar-refractivity contribution in [3.8, 4) is 0 Å². The van der Waals surface area contributed by atoms with Crippen LogP contribution in [0.2, 0.25) is 0 Å². The van der Waals surface area contributed by atoms with Gasteiger partial charge in [-0.2, -0.15) is 0 Å². The molecule has 3 N–H and O–H groups in total. The molecular formula is C19H32O7. The molecule has 5 unspecified atom stereocenters. The maximum Gasteiger partial charge on any atom is 0.330 e. The minimum Gasteiger partial charge on any atom is -0.466 e. The van der Waals surface area contributed by atoms with Crippen molar-refractivity contribution in [3.05, 3.63) is 11.6 Å². The molecular weight excluding hydrogens is 340 g/mol. The summed E-state index contributed by atoms with van der Waals surface area (Å²) < 4.78 is 9.54. The Kier molecular flexibility index (Phi) is 8.73. The van der Waals surface area contributed by atoms with Crippen molar-refractivity contribution in [3.63, 3.8) is 0 Å². The fourth-order valence-electron chi connectivity index (χ4n) is 3.42. The number of hydrogen-bond donors (Lipinski definition) is 3. The van der Waals surface area contributed by atoms with Gasteiger partial charge in [0.15, 0.2) is 0 Å². The largest absolute Gasteiger partial charge is 0.466 e. The Hall–Kier alpha value is -1.44. The summed E-state index contributed by atoms with van der Waals surface area (Å²) in [5, 5.41) is 30.0. The number of cyclic esters (lactones) is 1. The maximum absolute atomic E-state index is 11.3. The van der Waals surface area contributed by atoms with Crippen LogP contribution in [0.1, 0.15) is 52.9 Å². The summed E-state index contributed by atoms with van der Waals surface area (Å²) in [4.78, 5) is 22.4. The summed E-state index contributed by atoms with van der Waals surface area (Å²) in [5.41, 5.74) is -0.990. The summed E-state index contributed by atoms with van der Waals surface area (Å²) in [6.07, 6.45) is 3.58. The van der Waals surface area contributed by atoms with E-state index >= 15 is 0 Å². The van der Waals surface area contributed by atoms with Crippen molar-refractivity contribution >= 4 is 11.9 Å². The van der Waals surface area contributed by atoms with Gasteiger partial charge in [0.05, 0.1) is 19.3 Å². The first-order valence-electron chi connectivity index (χ1n) is 9.10. The lowest BCUT2D eigenvalue weighted by Gasteiger charge is -2.34. The SMILES string of the molecule is COC(=O)C=C(C)C(O)C(C)(O)CC(C)CCCCC1OC(=O)C1CO. The molecule has 150 valence electrons. The van der Waals surface area contributed by atoms with Crippen molar-refractivity contribution in [2.75, 3.05) is 13.7 Å². The van der Waals surface area contributed by atoms with Crippen LogP contribution in [-0.2, 0) is 19.1 Å². The fraction of sp³-hybridized carbons (Fsp3) is 0.789. The molecule has 0 aromatic carbocycles. The summed E-state index contributed by atoms with van der Waals surface area (Å²) in [6, 6.07) is 0. The maximum atomic E-state index is 11.3. The lowest BCUT2D eigenvalue weighted by atomic mass is 9.83. The molecule has 0 aromatic rings. The lowest BCUT2D eigenvalue weighted by molar-refractivity contribution is -0.189. The van der Waals surface area contributed by atoms with E-state index in [9.17, 15) is 19.8 Å². The molecule has 7 heteroatoms. The first-order chi connectivity index (χ1) is 12.1. The van der Waals surface area contributed by atoms with Crippen molar-refractivity contribution in [1.82, 2.24) is 0 Å². The number of carbonyl (C=O) groups is 2. The van der Waals surface area contributed by atoms with Gasteiger partial charge < -0.3 is 24.8 Å². The average Bonchev–Trinajstić information content (AvgIpc) is 2.56. The molecule has 0 bridgehead atoms. The molecule has 1 saturated heterocycles. The van der Waals surface area contributed by atoms with Gasteiger partial charge in [0.2, 0.25) is 0 Å². The van der Waals surface area contributed by atoms with Gasteiger partial charge in [0.1, 0.15) is 18.1 Å². The van der Waals surface area contributed by atoms with E-state index in [1.807, 2.05) is 6.92 Å². The molecule has 0 radical (unpaired) electrons. The molecule has 1 aliphatic rings. The predicted octanol–water partition coefficient (Wildman–Crippen LogP) is 1.34. The fourth-order valence-corrected chi connectivity index (χ4v) is 3.42. The Labute approximate surface area is 155 Å². The Morgan fingerprint density at radius 1 is 1.42 bits per heavy atom. The minimum atomic E-state index is -1.35. The van der Waals surface area contributed by atoms with Crippen LogP contribution >= 0.6 is 0 Å². The van der Waals surface area contributed by atoms with Crippen LogP contribution in [0.25, 0.3) is 0 Å². The highest BCUT2D eigenvalue weighted by atomic mass is 16.6. The van der Waals surface area contributed by atoms with Gasteiger partial charge >= 0.3 is 11.9 Å².